The van der Waals surface area contributed by atoms with E-state index in [2.05, 4.69) is 10.2 Å². The first-order valence-electron chi connectivity index (χ1n) is 2.28. The third-order valence-corrected chi connectivity index (χ3v) is 1.57. The van der Waals surface area contributed by atoms with E-state index in [0.717, 1.165) is 11.3 Å². The number of rotatable bonds is 1. The van der Waals surface area contributed by atoms with Gasteiger partial charge in [-0.2, -0.15) is 0 Å². The predicted octanol–water partition coefficient (Wildman–Crippen LogP) is -5.51. The molecule has 0 saturated carbocycles. The monoisotopic (exact) mass is 206 g/mol. The zero-order valence-electron chi connectivity index (χ0n) is 6.01. The molecular weight excluding hydrogens is 203 g/mol. The molecule has 1 heterocycles. The molecule has 1 rings (SSSR count). The molecule has 0 radical (unpaired) electrons. The quantitative estimate of drug-likeness (QED) is 0.428. The van der Waals surface area contributed by atoms with Crippen molar-refractivity contribution in [3.05, 3.63) is 5.01 Å². The van der Waals surface area contributed by atoms with Crippen LogP contribution >= 0.6 is 11.3 Å². The maximum atomic E-state index is 11.7. The largest absolute Gasteiger partial charge is 1.00 e. The van der Waals surface area contributed by atoms with Gasteiger partial charge in [0.15, 0.2) is 4.91 Å². The smallest absolute Gasteiger partial charge is 1.00 e. The van der Waals surface area contributed by atoms with Gasteiger partial charge in [0.05, 0.1) is 0 Å². The van der Waals surface area contributed by atoms with Crippen molar-refractivity contribution in [3.8, 4) is 0 Å². The van der Waals surface area contributed by atoms with Crippen molar-refractivity contribution in [2.75, 3.05) is 0 Å². The summed E-state index contributed by atoms with van der Waals surface area (Å²) in [6, 6.07) is 0. The van der Waals surface area contributed by atoms with E-state index in [9.17, 15) is 8.63 Å². The molecule has 2 nitrogen and oxygen atoms in total. The molecule has 0 saturated heterocycles. The first-order valence-corrected chi connectivity index (χ1v) is 3.10. The van der Waals surface area contributed by atoms with Gasteiger partial charge >= 0.3 is 58.7 Å². The van der Waals surface area contributed by atoms with Gasteiger partial charge in [0.1, 0.15) is 5.01 Å². The van der Waals surface area contributed by atoms with Crippen molar-refractivity contribution in [3.63, 3.8) is 0 Å². The summed E-state index contributed by atoms with van der Waals surface area (Å²) in [5.74, 6) is 0. The van der Waals surface area contributed by atoms with Gasteiger partial charge in [0.25, 0.3) is 0 Å². The summed E-state index contributed by atoms with van der Waals surface area (Å²) >= 11 is 0.924. The molecule has 0 atom stereocenters. The third kappa shape index (κ3) is 4.59. The van der Waals surface area contributed by atoms with Crippen LogP contribution in [0, 0.1) is 6.92 Å². The van der Waals surface area contributed by atoms with Crippen molar-refractivity contribution in [1.82, 2.24) is 10.2 Å². The van der Waals surface area contributed by atoms with E-state index in [0.29, 0.717) is 5.01 Å². The molecule has 0 spiro atoms. The molecule has 1 aromatic heterocycles. The Hall–Kier alpha value is 1.05. The zero-order chi connectivity index (χ0) is 6.85. The average Bonchev–Trinajstić information content (AvgIpc) is 2.14. The predicted molar refractivity (Wildman–Crippen MR) is 32.2 cm³/mol. The maximum Gasteiger partial charge on any atom is 1.00 e. The molecule has 0 unspecified atom stereocenters. The molecule has 0 bridgehead atoms. The summed E-state index contributed by atoms with van der Waals surface area (Å²) in [5.41, 5.74) is 0. The fourth-order valence-corrected chi connectivity index (χ4v) is 0.955. The number of aryl methyl sites for hydroxylation is 1. The minimum atomic E-state index is -2.48. The van der Waals surface area contributed by atoms with Crippen LogP contribution in [0.4, 0.5) is 8.63 Å². The van der Waals surface area contributed by atoms with E-state index >= 15 is 0 Å². The van der Waals surface area contributed by atoms with Crippen molar-refractivity contribution in [2.24, 2.45) is 0 Å². The molecule has 0 fully saturated rings. The number of hydrogen-bond donors (Lipinski definition) is 0. The maximum absolute atomic E-state index is 11.7. The molecule has 0 aliphatic heterocycles. The Bertz CT molecular complexity index is 208. The van der Waals surface area contributed by atoms with Crippen LogP contribution in [0.25, 0.3) is 0 Å². The number of halogens is 3. The van der Waals surface area contributed by atoms with Crippen LogP contribution in [-0.4, -0.2) is 17.5 Å². The molecule has 0 amide bonds. The number of nitrogens with zero attached hydrogens (tertiary/aromatic N) is 2. The summed E-state index contributed by atoms with van der Waals surface area (Å²) in [6.07, 6.45) is 0. The van der Waals surface area contributed by atoms with E-state index < -0.39 is 7.27 Å². The van der Waals surface area contributed by atoms with Crippen LogP contribution in [0.1, 0.15) is 5.01 Å². The minimum absolute atomic E-state index is 0. The van der Waals surface area contributed by atoms with Gasteiger partial charge in [-0.1, -0.05) is 0 Å². The molecule has 0 aliphatic carbocycles. The minimum Gasteiger partial charge on any atom is -1.00 e. The normalized spacial score (nSPS) is 7.91. The first kappa shape index (κ1) is 14.6. The van der Waals surface area contributed by atoms with Crippen LogP contribution in [0.3, 0.4) is 0 Å². The van der Waals surface area contributed by atoms with Crippen molar-refractivity contribution >= 4 is 23.5 Å². The Labute approximate surface area is 109 Å². The van der Waals surface area contributed by atoms with Crippen LogP contribution in [0.2, 0.25) is 0 Å². The van der Waals surface area contributed by atoms with Crippen LogP contribution in [0.5, 0.6) is 0 Å². The van der Waals surface area contributed by atoms with E-state index in [-0.39, 0.29) is 61.0 Å². The van der Waals surface area contributed by atoms with Gasteiger partial charge in [-0.05, 0) is 6.92 Å². The Morgan fingerprint density at radius 3 is 2.09 bits per heavy atom. The third-order valence-electron chi connectivity index (χ3n) is 0.728. The molecule has 0 N–H and O–H groups in total. The van der Waals surface area contributed by atoms with Crippen molar-refractivity contribution in [1.29, 1.82) is 0 Å². The Morgan fingerprint density at radius 1 is 1.36 bits per heavy atom. The van der Waals surface area contributed by atoms with Gasteiger partial charge in [-0.25, -0.2) is 0 Å². The van der Waals surface area contributed by atoms with E-state index in [4.69, 9.17) is 0 Å². The van der Waals surface area contributed by atoms with Crippen LogP contribution < -0.4 is 61.0 Å². The molecule has 8 heteroatoms. The van der Waals surface area contributed by atoms with Gasteiger partial charge in [0, 0.05) is 0 Å². The standard InChI is InChI=1S/C3H3BF2N2S.FH.K/c1-2-7-8-3(9-2)4(5)6;;/h1H3;1H;/q;;+1/p-1. The van der Waals surface area contributed by atoms with Gasteiger partial charge < -0.3 is 4.70 Å². The SMILES string of the molecule is Cc1nnc(B(F)F)s1.[F-].[K+]. The first-order chi connectivity index (χ1) is 4.20. The van der Waals surface area contributed by atoms with Gasteiger partial charge in [-0.3, -0.25) is 8.63 Å². The molecular formula is C3H3BF3KN2S. The average molecular weight is 206 g/mol. The Morgan fingerprint density at radius 2 is 1.91 bits per heavy atom. The summed E-state index contributed by atoms with van der Waals surface area (Å²) in [4.78, 5) is -0.201. The fraction of sp³-hybridized carbons (Fsp3) is 0.333. The molecule has 11 heavy (non-hydrogen) atoms. The molecule has 0 aliphatic rings. The molecule has 56 valence electrons. The second kappa shape index (κ2) is 6.55. The van der Waals surface area contributed by atoms with Crippen molar-refractivity contribution in [2.45, 2.75) is 6.92 Å². The van der Waals surface area contributed by atoms with E-state index in [1.807, 2.05) is 0 Å². The summed E-state index contributed by atoms with van der Waals surface area (Å²) < 4.78 is 23.4. The van der Waals surface area contributed by atoms with Gasteiger partial charge in [0.2, 0.25) is 0 Å². The summed E-state index contributed by atoms with van der Waals surface area (Å²) in [7, 11) is -2.48. The number of aromatic nitrogens is 2. The second-order valence-corrected chi connectivity index (χ2v) is 2.67. The second-order valence-electron chi connectivity index (χ2n) is 1.46. The van der Waals surface area contributed by atoms with Crippen LogP contribution in [0.15, 0.2) is 0 Å². The van der Waals surface area contributed by atoms with E-state index in [1.165, 1.54) is 0 Å². The zero-order valence-corrected chi connectivity index (χ0v) is 9.95. The number of hydrogen-bond acceptors (Lipinski definition) is 3. The van der Waals surface area contributed by atoms with Crippen molar-refractivity contribution < 1.29 is 64.7 Å². The summed E-state index contributed by atoms with van der Waals surface area (Å²) in [6.45, 7) is 1.64. The van der Waals surface area contributed by atoms with Gasteiger partial charge in [-0.15, -0.1) is 21.5 Å². The molecule has 0 aromatic carbocycles. The molecule has 1 aromatic rings. The Kier molecular flexibility index (Phi) is 8.68. The van der Waals surface area contributed by atoms with E-state index in [1.54, 1.807) is 6.92 Å². The Balaban J connectivity index is 0. The van der Waals surface area contributed by atoms with Crippen LogP contribution in [-0.2, 0) is 0 Å². The topological polar surface area (TPSA) is 25.8 Å². The fourth-order valence-electron chi connectivity index (χ4n) is 0.400. The summed E-state index contributed by atoms with van der Waals surface area (Å²) in [5, 5.41) is 7.23.